The highest BCUT2D eigenvalue weighted by atomic mass is 19.4. The van der Waals surface area contributed by atoms with Gasteiger partial charge in [0.05, 0.1) is 5.56 Å². The van der Waals surface area contributed by atoms with E-state index in [9.17, 15) is 23.1 Å². The second-order valence-corrected chi connectivity index (χ2v) is 5.62. The number of ether oxygens (including phenoxy) is 1. The monoisotopic (exact) mass is 305 g/mol. The quantitative estimate of drug-likeness (QED) is 0.841. The molecule has 0 radical (unpaired) electrons. The van der Waals surface area contributed by atoms with Crippen molar-refractivity contribution < 1.29 is 27.8 Å². The first-order valence-electron chi connectivity index (χ1n) is 6.25. The van der Waals surface area contributed by atoms with Crippen molar-refractivity contribution in [2.45, 2.75) is 44.7 Å². The van der Waals surface area contributed by atoms with Crippen LogP contribution in [-0.4, -0.2) is 22.7 Å². The van der Waals surface area contributed by atoms with Gasteiger partial charge >= 0.3 is 12.1 Å². The van der Waals surface area contributed by atoms with Gasteiger partial charge in [0.1, 0.15) is 17.7 Å². The normalized spacial score (nSPS) is 15.4. The number of carbonyl (C=O) groups excluding carboxylic acids is 1. The van der Waals surface area contributed by atoms with E-state index in [-0.39, 0.29) is 5.56 Å². The van der Waals surface area contributed by atoms with Gasteiger partial charge in [-0.05, 0) is 38.5 Å². The van der Waals surface area contributed by atoms with Crippen LogP contribution in [0.2, 0.25) is 0 Å². The zero-order valence-electron chi connectivity index (χ0n) is 11.9. The standard InChI is InChI=1S/C14H18F3NO3/c1-13(2,3)21-12(20)10(18)11(19)8-4-6-9(7-5-8)14(15,16)17/h4-7,10-11,19H,18H2,1-3H3/t10-,11-/m0/s1. The smallest absolute Gasteiger partial charge is 0.416 e. The Labute approximate surface area is 120 Å². The third kappa shape index (κ3) is 5.02. The van der Waals surface area contributed by atoms with Gasteiger partial charge in [0, 0.05) is 0 Å². The van der Waals surface area contributed by atoms with Crippen LogP contribution >= 0.6 is 0 Å². The Morgan fingerprint density at radius 3 is 2.05 bits per heavy atom. The van der Waals surface area contributed by atoms with Crippen LogP contribution in [0.5, 0.6) is 0 Å². The fraction of sp³-hybridized carbons (Fsp3) is 0.500. The molecular weight excluding hydrogens is 287 g/mol. The maximum absolute atomic E-state index is 12.4. The van der Waals surface area contributed by atoms with Gasteiger partial charge in [-0.15, -0.1) is 0 Å². The average molecular weight is 305 g/mol. The Bertz CT molecular complexity index is 492. The zero-order chi connectivity index (χ0) is 16.4. The molecule has 0 aliphatic heterocycles. The zero-order valence-corrected chi connectivity index (χ0v) is 11.9. The average Bonchev–Trinajstić information content (AvgIpc) is 2.34. The summed E-state index contributed by atoms with van der Waals surface area (Å²) in [7, 11) is 0. The van der Waals surface area contributed by atoms with Crippen molar-refractivity contribution in [1.82, 2.24) is 0 Å². The fourth-order valence-corrected chi connectivity index (χ4v) is 1.58. The Morgan fingerprint density at radius 2 is 1.67 bits per heavy atom. The van der Waals surface area contributed by atoms with Gasteiger partial charge in [-0.1, -0.05) is 12.1 Å². The van der Waals surface area contributed by atoms with Gasteiger partial charge in [-0.2, -0.15) is 13.2 Å². The Kier molecular flexibility index (Phi) is 5.01. The lowest BCUT2D eigenvalue weighted by atomic mass is 10.0. The molecular formula is C14H18F3NO3. The molecule has 0 heterocycles. The van der Waals surface area contributed by atoms with Crippen LogP contribution in [0.15, 0.2) is 24.3 Å². The van der Waals surface area contributed by atoms with Gasteiger partial charge < -0.3 is 15.6 Å². The summed E-state index contributed by atoms with van der Waals surface area (Å²) in [5.74, 6) is -0.824. The van der Waals surface area contributed by atoms with E-state index in [4.69, 9.17) is 10.5 Å². The second kappa shape index (κ2) is 6.03. The summed E-state index contributed by atoms with van der Waals surface area (Å²) in [4.78, 5) is 11.7. The minimum absolute atomic E-state index is 0.112. The SMILES string of the molecule is CC(C)(C)OC(=O)[C@@H](N)[C@@H](O)c1ccc(C(F)(F)F)cc1. The van der Waals surface area contributed by atoms with Crippen LogP contribution in [0.3, 0.4) is 0 Å². The summed E-state index contributed by atoms with van der Waals surface area (Å²) in [6, 6.07) is 2.43. The molecule has 4 nitrogen and oxygen atoms in total. The summed E-state index contributed by atoms with van der Waals surface area (Å²) in [5.41, 5.74) is 4.08. The van der Waals surface area contributed by atoms with E-state index in [1.54, 1.807) is 20.8 Å². The third-order valence-corrected chi connectivity index (χ3v) is 2.60. The van der Waals surface area contributed by atoms with E-state index in [1.807, 2.05) is 0 Å². The van der Waals surface area contributed by atoms with Gasteiger partial charge in [0.15, 0.2) is 0 Å². The van der Waals surface area contributed by atoms with Gasteiger partial charge in [0.25, 0.3) is 0 Å². The minimum atomic E-state index is -4.46. The van der Waals surface area contributed by atoms with Gasteiger partial charge in [-0.3, -0.25) is 4.79 Å². The molecule has 21 heavy (non-hydrogen) atoms. The van der Waals surface area contributed by atoms with Crippen LogP contribution < -0.4 is 5.73 Å². The number of alkyl halides is 3. The summed E-state index contributed by atoms with van der Waals surface area (Å²) in [6.07, 6.45) is -5.90. The Balaban J connectivity index is 2.83. The molecule has 0 bridgehead atoms. The first-order valence-corrected chi connectivity index (χ1v) is 6.25. The number of benzene rings is 1. The fourth-order valence-electron chi connectivity index (χ4n) is 1.58. The highest BCUT2D eigenvalue weighted by Crippen LogP contribution is 2.30. The number of hydrogen-bond donors (Lipinski definition) is 2. The summed E-state index contributed by atoms with van der Waals surface area (Å²) < 4.78 is 42.3. The molecule has 118 valence electrons. The first-order chi connectivity index (χ1) is 9.42. The Morgan fingerprint density at radius 1 is 1.19 bits per heavy atom. The molecule has 0 fully saturated rings. The number of rotatable bonds is 3. The molecule has 2 atom stereocenters. The molecule has 0 spiro atoms. The predicted molar refractivity (Wildman–Crippen MR) is 70.2 cm³/mol. The lowest BCUT2D eigenvalue weighted by molar-refractivity contribution is -0.159. The lowest BCUT2D eigenvalue weighted by Gasteiger charge is -2.24. The molecule has 0 unspecified atom stereocenters. The third-order valence-electron chi connectivity index (χ3n) is 2.60. The lowest BCUT2D eigenvalue weighted by Crippen LogP contribution is -2.41. The number of aliphatic hydroxyl groups excluding tert-OH is 1. The number of nitrogens with two attached hydrogens (primary N) is 1. The number of hydrogen-bond acceptors (Lipinski definition) is 4. The Hall–Kier alpha value is -1.60. The van der Waals surface area contributed by atoms with E-state index in [0.29, 0.717) is 0 Å². The van der Waals surface area contributed by atoms with E-state index in [0.717, 1.165) is 24.3 Å². The molecule has 0 aliphatic carbocycles. The number of halogens is 3. The van der Waals surface area contributed by atoms with Crippen molar-refractivity contribution in [3.05, 3.63) is 35.4 Å². The van der Waals surface area contributed by atoms with Crippen molar-refractivity contribution in [3.8, 4) is 0 Å². The van der Waals surface area contributed by atoms with E-state index < -0.39 is 35.5 Å². The van der Waals surface area contributed by atoms with E-state index in [1.165, 1.54) is 0 Å². The van der Waals surface area contributed by atoms with Crippen LogP contribution in [-0.2, 0) is 15.7 Å². The predicted octanol–water partition coefficient (Wildman–Crippen LogP) is 2.41. The van der Waals surface area contributed by atoms with Crippen molar-refractivity contribution in [3.63, 3.8) is 0 Å². The van der Waals surface area contributed by atoms with Crippen molar-refractivity contribution in [2.75, 3.05) is 0 Å². The molecule has 1 aromatic carbocycles. The highest BCUT2D eigenvalue weighted by Gasteiger charge is 2.32. The molecule has 0 saturated heterocycles. The summed E-state index contributed by atoms with van der Waals surface area (Å²) in [5, 5.41) is 9.94. The molecule has 1 rings (SSSR count). The highest BCUT2D eigenvalue weighted by molar-refractivity contribution is 5.77. The summed E-state index contributed by atoms with van der Waals surface area (Å²) in [6.45, 7) is 4.92. The van der Waals surface area contributed by atoms with Crippen LogP contribution in [0.25, 0.3) is 0 Å². The molecule has 1 aromatic rings. The van der Waals surface area contributed by atoms with Crippen LogP contribution in [0.4, 0.5) is 13.2 Å². The van der Waals surface area contributed by atoms with E-state index in [2.05, 4.69) is 0 Å². The second-order valence-electron chi connectivity index (χ2n) is 5.62. The number of aliphatic hydroxyl groups is 1. The van der Waals surface area contributed by atoms with Crippen LogP contribution in [0.1, 0.15) is 38.0 Å². The van der Waals surface area contributed by atoms with Gasteiger partial charge in [0.2, 0.25) is 0 Å². The van der Waals surface area contributed by atoms with Crippen molar-refractivity contribution in [1.29, 1.82) is 0 Å². The van der Waals surface area contributed by atoms with Crippen molar-refractivity contribution >= 4 is 5.97 Å². The molecule has 0 aromatic heterocycles. The summed E-state index contributed by atoms with van der Waals surface area (Å²) >= 11 is 0. The molecule has 0 saturated carbocycles. The number of carbonyl (C=O) groups is 1. The maximum Gasteiger partial charge on any atom is 0.416 e. The number of esters is 1. The minimum Gasteiger partial charge on any atom is -0.459 e. The largest absolute Gasteiger partial charge is 0.459 e. The van der Waals surface area contributed by atoms with Crippen LogP contribution in [0, 0.1) is 0 Å². The van der Waals surface area contributed by atoms with Crippen molar-refractivity contribution in [2.24, 2.45) is 5.73 Å². The molecule has 7 heteroatoms. The van der Waals surface area contributed by atoms with E-state index >= 15 is 0 Å². The first kappa shape index (κ1) is 17.5. The maximum atomic E-state index is 12.4. The molecule has 0 aliphatic rings. The topological polar surface area (TPSA) is 72.5 Å². The molecule has 3 N–H and O–H groups in total. The molecule has 0 amide bonds. The van der Waals surface area contributed by atoms with Gasteiger partial charge in [-0.25, -0.2) is 0 Å².